The summed E-state index contributed by atoms with van der Waals surface area (Å²) in [7, 11) is 0. The van der Waals surface area contributed by atoms with E-state index in [0.29, 0.717) is 38.2 Å². The maximum Gasteiger partial charge on any atom is 0.336 e. The molecule has 35 heavy (non-hydrogen) atoms. The van der Waals surface area contributed by atoms with Crippen molar-refractivity contribution in [2.45, 2.75) is 13.3 Å². The Morgan fingerprint density at radius 3 is 2.63 bits per heavy atom. The van der Waals surface area contributed by atoms with Gasteiger partial charge in [0.05, 0.1) is 21.6 Å². The molecular weight excluding hydrogens is 598 g/mol. The number of halogens is 3. The summed E-state index contributed by atoms with van der Waals surface area (Å²) < 4.78 is 8.16. The molecular formula is C26H18Br2ClN3O3. The number of para-hydroxylation sites is 1. The Bertz CT molecular complexity index is 1530. The van der Waals surface area contributed by atoms with Gasteiger partial charge in [0, 0.05) is 27.6 Å². The number of hydrogen-bond donors (Lipinski definition) is 0. The van der Waals surface area contributed by atoms with Crippen LogP contribution in [0.2, 0.25) is 5.02 Å². The molecule has 3 aromatic carbocycles. The number of aryl methyl sites for hydroxylation is 1. The van der Waals surface area contributed by atoms with Crippen molar-refractivity contribution >= 4 is 72.6 Å². The van der Waals surface area contributed by atoms with Crippen molar-refractivity contribution < 1.29 is 9.53 Å². The molecule has 0 aliphatic heterocycles. The largest absolute Gasteiger partial charge is 0.421 e. The van der Waals surface area contributed by atoms with Crippen molar-refractivity contribution in [3.63, 3.8) is 0 Å². The molecule has 0 radical (unpaired) electrons. The number of carbonyl (C=O) groups excluding carboxylic acids is 1. The number of esters is 1. The Morgan fingerprint density at radius 2 is 1.89 bits per heavy atom. The van der Waals surface area contributed by atoms with E-state index in [9.17, 15) is 9.59 Å². The van der Waals surface area contributed by atoms with Crippen molar-refractivity contribution in [3.05, 3.63) is 108 Å². The molecule has 9 heteroatoms. The molecule has 0 atom stereocenters. The molecule has 0 fully saturated rings. The molecule has 0 saturated heterocycles. The minimum atomic E-state index is -0.573. The van der Waals surface area contributed by atoms with E-state index >= 15 is 0 Å². The molecule has 0 aliphatic carbocycles. The zero-order chi connectivity index (χ0) is 24.9. The van der Waals surface area contributed by atoms with Crippen LogP contribution in [0.15, 0.2) is 85.6 Å². The van der Waals surface area contributed by atoms with Crippen molar-refractivity contribution in [2.24, 2.45) is 5.10 Å². The highest BCUT2D eigenvalue weighted by Gasteiger charge is 2.14. The summed E-state index contributed by atoms with van der Waals surface area (Å²) in [6.45, 7) is 1.90. The van der Waals surface area contributed by atoms with Crippen molar-refractivity contribution in [3.8, 4) is 5.75 Å². The second-order valence-corrected chi connectivity index (χ2v) is 9.58. The van der Waals surface area contributed by atoms with Gasteiger partial charge < -0.3 is 4.74 Å². The van der Waals surface area contributed by atoms with Gasteiger partial charge in [0.1, 0.15) is 5.82 Å². The van der Waals surface area contributed by atoms with Gasteiger partial charge in [0.15, 0.2) is 5.75 Å². The molecule has 1 aromatic heterocycles. The summed E-state index contributed by atoms with van der Waals surface area (Å²) in [4.78, 5) is 30.2. The Hall–Kier alpha value is -3.07. The van der Waals surface area contributed by atoms with E-state index in [0.717, 1.165) is 10.0 Å². The van der Waals surface area contributed by atoms with Crippen LogP contribution in [0, 0.1) is 0 Å². The molecule has 4 rings (SSSR count). The minimum Gasteiger partial charge on any atom is -0.421 e. The Labute approximate surface area is 223 Å². The van der Waals surface area contributed by atoms with E-state index in [1.54, 1.807) is 60.7 Å². The quantitative estimate of drug-likeness (QED) is 0.106. The summed E-state index contributed by atoms with van der Waals surface area (Å²) in [6.07, 6.45) is 4.94. The second-order valence-electron chi connectivity index (χ2n) is 7.37. The molecule has 0 unspecified atom stereocenters. The smallest absolute Gasteiger partial charge is 0.336 e. The van der Waals surface area contributed by atoms with E-state index in [-0.39, 0.29) is 11.3 Å². The molecule has 0 bridgehead atoms. The number of nitrogens with zero attached hydrogens (tertiary/aromatic N) is 3. The lowest BCUT2D eigenvalue weighted by Gasteiger charge is -2.10. The third kappa shape index (κ3) is 5.96. The predicted octanol–water partition coefficient (Wildman–Crippen LogP) is 6.64. The van der Waals surface area contributed by atoms with Crippen LogP contribution in [0.4, 0.5) is 0 Å². The van der Waals surface area contributed by atoms with Gasteiger partial charge in [-0.25, -0.2) is 9.78 Å². The van der Waals surface area contributed by atoms with Gasteiger partial charge in [0.2, 0.25) is 0 Å². The number of carbonyl (C=O) groups is 1. The van der Waals surface area contributed by atoms with Crippen molar-refractivity contribution in [1.29, 1.82) is 0 Å². The van der Waals surface area contributed by atoms with Crippen LogP contribution in [0.1, 0.15) is 23.9 Å². The fraction of sp³-hybridized carbons (Fsp3) is 0.0769. The summed E-state index contributed by atoms with van der Waals surface area (Å²) in [5.74, 6) is 0.211. The normalized spacial score (nSPS) is 11.5. The van der Waals surface area contributed by atoms with Crippen LogP contribution in [0.25, 0.3) is 17.0 Å². The Kier molecular flexibility index (Phi) is 7.95. The van der Waals surface area contributed by atoms with E-state index < -0.39 is 5.97 Å². The van der Waals surface area contributed by atoms with Crippen LogP contribution in [-0.2, 0) is 11.2 Å². The minimum absolute atomic E-state index is 0.266. The van der Waals surface area contributed by atoms with Crippen LogP contribution >= 0.6 is 43.5 Å². The van der Waals surface area contributed by atoms with Gasteiger partial charge in [-0.15, -0.1) is 0 Å². The first-order valence-corrected chi connectivity index (χ1v) is 12.5. The summed E-state index contributed by atoms with van der Waals surface area (Å²) >= 11 is 12.8. The van der Waals surface area contributed by atoms with Crippen LogP contribution in [0.5, 0.6) is 5.75 Å². The van der Waals surface area contributed by atoms with E-state index in [4.69, 9.17) is 16.3 Å². The van der Waals surface area contributed by atoms with E-state index in [2.05, 4.69) is 41.9 Å². The Balaban J connectivity index is 1.67. The van der Waals surface area contributed by atoms with Gasteiger partial charge in [-0.1, -0.05) is 58.7 Å². The monoisotopic (exact) mass is 613 g/mol. The standard InChI is InChI=1S/C26H18Br2ClN3O3/c1-2-23-31-22-6-4-3-5-20(22)26(34)32(23)30-15-17-13-18(27)14-21(28)25(17)35-24(33)12-9-16-7-10-19(29)11-8-16/h3-15H,2H2,1H3/b12-9+,30-15?. The van der Waals surface area contributed by atoms with Gasteiger partial charge in [0.25, 0.3) is 5.56 Å². The highest BCUT2D eigenvalue weighted by Crippen LogP contribution is 2.32. The first kappa shape index (κ1) is 25.0. The highest BCUT2D eigenvalue weighted by atomic mass is 79.9. The maximum absolute atomic E-state index is 13.1. The average Bonchev–Trinajstić information content (AvgIpc) is 2.85. The molecule has 0 saturated carbocycles. The lowest BCUT2D eigenvalue weighted by molar-refractivity contribution is -0.128. The molecule has 6 nitrogen and oxygen atoms in total. The van der Waals surface area contributed by atoms with Crippen molar-refractivity contribution in [2.75, 3.05) is 0 Å². The first-order valence-electron chi connectivity index (χ1n) is 10.5. The van der Waals surface area contributed by atoms with Crippen LogP contribution in [0.3, 0.4) is 0 Å². The second kappa shape index (κ2) is 11.1. The SMILES string of the molecule is CCc1nc2ccccc2c(=O)n1N=Cc1cc(Br)cc(Br)c1OC(=O)/C=C/c1ccc(Cl)cc1. The topological polar surface area (TPSA) is 73.6 Å². The predicted molar refractivity (Wildman–Crippen MR) is 146 cm³/mol. The maximum atomic E-state index is 13.1. The summed E-state index contributed by atoms with van der Waals surface area (Å²) in [5.41, 5.74) is 1.63. The molecule has 4 aromatic rings. The van der Waals surface area contributed by atoms with Gasteiger partial charge in [-0.3, -0.25) is 4.79 Å². The van der Waals surface area contributed by atoms with E-state index in [1.165, 1.54) is 17.0 Å². The molecule has 0 amide bonds. The molecule has 0 N–H and O–H groups in total. The van der Waals surface area contributed by atoms with Gasteiger partial charge in [-0.05, 0) is 64.0 Å². The number of rotatable bonds is 6. The number of aromatic nitrogens is 2. The third-order valence-electron chi connectivity index (χ3n) is 4.97. The summed E-state index contributed by atoms with van der Waals surface area (Å²) in [6, 6.07) is 17.7. The van der Waals surface area contributed by atoms with Crippen LogP contribution < -0.4 is 10.3 Å². The summed E-state index contributed by atoms with van der Waals surface area (Å²) in [5, 5.41) is 5.48. The fourth-order valence-electron chi connectivity index (χ4n) is 3.29. The third-order valence-corrected chi connectivity index (χ3v) is 6.27. The van der Waals surface area contributed by atoms with Crippen LogP contribution in [-0.4, -0.2) is 21.8 Å². The van der Waals surface area contributed by atoms with Gasteiger partial charge in [-0.2, -0.15) is 9.78 Å². The van der Waals surface area contributed by atoms with Crippen molar-refractivity contribution in [1.82, 2.24) is 9.66 Å². The van der Waals surface area contributed by atoms with E-state index in [1.807, 2.05) is 13.0 Å². The molecule has 176 valence electrons. The number of fused-ring (bicyclic) bond motifs is 1. The highest BCUT2D eigenvalue weighted by molar-refractivity contribution is 9.11. The number of hydrogen-bond acceptors (Lipinski definition) is 5. The molecule has 1 heterocycles. The molecule has 0 aliphatic rings. The fourth-order valence-corrected chi connectivity index (χ4v) is 4.76. The zero-order valence-corrected chi connectivity index (χ0v) is 22.3. The lowest BCUT2D eigenvalue weighted by Crippen LogP contribution is -2.22. The number of ether oxygens (including phenoxy) is 1. The number of benzene rings is 3. The first-order chi connectivity index (χ1) is 16.9. The lowest BCUT2D eigenvalue weighted by atomic mass is 10.2. The van der Waals surface area contributed by atoms with Gasteiger partial charge >= 0.3 is 5.97 Å². The average molecular weight is 616 g/mol. The Morgan fingerprint density at radius 1 is 1.14 bits per heavy atom. The molecule has 0 spiro atoms. The zero-order valence-electron chi connectivity index (χ0n) is 18.4.